The maximum Gasteiger partial charge on any atom is 0.0672 e. The summed E-state index contributed by atoms with van der Waals surface area (Å²) < 4.78 is 2.17. The van der Waals surface area contributed by atoms with E-state index in [0.717, 1.165) is 32.4 Å². The van der Waals surface area contributed by atoms with Crippen molar-refractivity contribution < 1.29 is 0 Å². The summed E-state index contributed by atoms with van der Waals surface area (Å²) in [5.41, 5.74) is 4.15. The molecule has 1 unspecified atom stereocenters. The molecule has 1 N–H and O–H groups in total. The number of aryl methyl sites for hydroxylation is 2. The quantitative estimate of drug-likeness (QED) is 0.790. The van der Waals surface area contributed by atoms with Crippen molar-refractivity contribution in [3.63, 3.8) is 0 Å². The molecule has 0 bridgehead atoms. The lowest BCUT2D eigenvalue weighted by molar-refractivity contribution is 0.527. The van der Waals surface area contributed by atoms with Crippen LogP contribution in [-0.2, 0) is 19.4 Å². The van der Waals surface area contributed by atoms with Gasteiger partial charge in [-0.1, -0.05) is 27.7 Å². The molecule has 1 rings (SSSR count). The predicted molar refractivity (Wildman–Crippen MR) is 73.4 cm³/mol. The fourth-order valence-electron chi connectivity index (χ4n) is 2.56. The van der Waals surface area contributed by atoms with Gasteiger partial charge in [0, 0.05) is 23.8 Å². The summed E-state index contributed by atoms with van der Waals surface area (Å²) in [4.78, 5) is 0. The van der Waals surface area contributed by atoms with Crippen molar-refractivity contribution in [3.8, 4) is 0 Å². The lowest BCUT2D eigenvalue weighted by atomic mass is 9.99. The predicted octanol–water partition coefficient (Wildman–Crippen LogP) is 3.09. The van der Waals surface area contributed by atoms with Crippen LogP contribution in [0.2, 0.25) is 0 Å². The van der Waals surface area contributed by atoms with Crippen molar-refractivity contribution in [1.82, 2.24) is 15.1 Å². The van der Waals surface area contributed by atoms with Gasteiger partial charge >= 0.3 is 0 Å². The Hall–Kier alpha value is -0.830. The Morgan fingerprint density at radius 2 is 1.82 bits per heavy atom. The molecule has 0 fully saturated rings. The first-order chi connectivity index (χ1) is 8.23. The van der Waals surface area contributed by atoms with Gasteiger partial charge in [0.2, 0.25) is 0 Å². The molecule has 0 aliphatic rings. The van der Waals surface area contributed by atoms with E-state index in [1.54, 1.807) is 0 Å². The van der Waals surface area contributed by atoms with Gasteiger partial charge in [-0.05, 0) is 32.7 Å². The Morgan fingerprint density at radius 3 is 2.24 bits per heavy atom. The van der Waals surface area contributed by atoms with E-state index >= 15 is 0 Å². The monoisotopic (exact) mass is 237 g/mol. The Bertz CT molecular complexity index is 341. The largest absolute Gasteiger partial charge is 0.310 e. The van der Waals surface area contributed by atoms with E-state index in [2.05, 4.69) is 44.6 Å². The molecule has 98 valence electrons. The number of nitrogens with one attached hydrogen (secondary N) is 1. The SMILES string of the molecule is CCNC(CC)c1c(CC)nn(CC)c1CC. The molecule has 0 aromatic carbocycles. The number of hydrogen-bond acceptors (Lipinski definition) is 2. The maximum atomic E-state index is 4.75. The van der Waals surface area contributed by atoms with Gasteiger partial charge in [-0.3, -0.25) is 4.68 Å². The Labute approximate surface area is 106 Å². The molecule has 0 aliphatic heterocycles. The van der Waals surface area contributed by atoms with E-state index in [4.69, 9.17) is 5.10 Å². The van der Waals surface area contributed by atoms with Crippen LogP contribution < -0.4 is 5.32 Å². The fourth-order valence-corrected chi connectivity index (χ4v) is 2.56. The highest BCUT2D eigenvalue weighted by Gasteiger charge is 2.21. The number of hydrogen-bond donors (Lipinski definition) is 1. The topological polar surface area (TPSA) is 29.9 Å². The molecule has 0 radical (unpaired) electrons. The first kappa shape index (κ1) is 14.2. The summed E-state index contributed by atoms with van der Waals surface area (Å²) >= 11 is 0. The van der Waals surface area contributed by atoms with Gasteiger partial charge in [-0.15, -0.1) is 0 Å². The molecule has 1 atom stereocenters. The third-order valence-electron chi connectivity index (χ3n) is 3.35. The van der Waals surface area contributed by atoms with Gasteiger partial charge in [0.25, 0.3) is 0 Å². The maximum absolute atomic E-state index is 4.75. The van der Waals surface area contributed by atoms with Crippen molar-refractivity contribution in [2.45, 2.75) is 66.5 Å². The normalized spacial score (nSPS) is 13.0. The van der Waals surface area contributed by atoms with Gasteiger partial charge < -0.3 is 5.32 Å². The van der Waals surface area contributed by atoms with Crippen molar-refractivity contribution >= 4 is 0 Å². The van der Waals surface area contributed by atoms with E-state index in [1.807, 2.05) is 0 Å². The Kier molecular flexibility index (Phi) is 5.69. The standard InChI is InChI=1S/C14H27N3/c1-6-11(15-9-4)14-12(7-2)16-17(10-5)13(14)8-3/h11,15H,6-10H2,1-5H3. The van der Waals surface area contributed by atoms with Crippen LogP contribution in [0.15, 0.2) is 0 Å². The van der Waals surface area contributed by atoms with E-state index in [-0.39, 0.29) is 0 Å². The molecule has 0 saturated carbocycles. The van der Waals surface area contributed by atoms with E-state index in [1.165, 1.54) is 17.0 Å². The van der Waals surface area contributed by atoms with Crippen molar-refractivity contribution in [2.24, 2.45) is 0 Å². The van der Waals surface area contributed by atoms with E-state index in [0.29, 0.717) is 6.04 Å². The molecule has 0 saturated heterocycles. The molecule has 1 aromatic heterocycles. The third-order valence-corrected chi connectivity index (χ3v) is 3.35. The van der Waals surface area contributed by atoms with Crippen molar-refractivity contribution in [3.05, 3.63) is 17.0 Å². The van der Waals surface area contributed by atoms with Crippen molar-refractivity contribution in [1.29, 1.82) is 0 Å². The minimum Gasteiger partial charge on any atom is -0.310 e. The Balaban J connectivity index is 3.21. The first-order valence-electron chi connectivity index (χ1n) is 7.05. The third kappa shape index (κ3) is 2.89. The van der Waals surface area contributed by atoms with Crippen LogP contribution in [0.1, 0.15) is 64.0 Å². The number of aromatic nitrogens is 2. The average Bonchev–Trinajstić information content (AvgIpc) is 2.73. The fraction of sp³-hybridized carbons (Fsp3) is 0.786. The summed E-state index contributed by atoms with van der Waals surface area (Å²) in [6, 6.07) is 0.463. The second kappa shape index (κ2) is 6.80. The van der Waals surface area contributed by atoms with Crippen LogP contribution in [0.3, 0.4) is 0 Å². The van der Waals surface area contributed by atoms with Crippen LogP contribution in [0.25, 0.3) is 0 Å². The highest BCUT2D eigenvalue weighted by Crippen LogP contribution is 2.26. The van der Waals surface area contributed by atoms with Crippen LogP contribution in [0, 0.1) is 0 Å². The molecule has 1 heterocycles. The smallest absolute Gasteiger partial charge is 0.0672 e. The van der Waals surface area contributed by atoms with Gasteiger partial charge in [-0.2, -0.15) is 5.10 Å². The van der Waals surface area contributed by atoms with Gasteiger partial charge in [-0.25, -0.2) is 0 Å². The first-order valence-corrected chi connectivity index (χ1v) is 7.05. The highest BCUT2D eigenvalue weighted by atomic mass is 15.3. The van der Waals surface area contributed by atoms with Crippen LogP contribution >= 0.6 is 0 Å². The van der Waals surface area contributed by atoms with Crippen LogP contribution in [0.5, 0.6) is 0 Å². The van der Waals surface area contributed by atoms with E-state index in [9.17, 15) is 0 Å². The zero-order valence-corrected chi connectivity index (χ0v) is 12.0. The molecule has 1 aromatic rings. The minimum atomic E-state index is 0.463. The molecule has 0 amide bonds. The Morgan fingerprint density at radius 1 is 1.12 bits per heavy atom. The molecule has 0 aliphatic carbocycles. The molecule has 17 heavy (non-hydrogen) atoms. The lowest BCUT2D eigenvalue weighted by Gasteiger charge is -2.18. The molecular weight excluding hydrogens is 210 g/mol. The van der Waals surface area contributed by atoms with Gasteiger partial charge in [0.15, 0.2) is 0 Å². The molecule has 3 heteroatoms. The summed E-state index contributed by atoms with van der Waals surface area (Å²) in [6.07, 6.45) is 3.22. The lowest BCUT2D eigenvalue weighted by Crippen LogP contribution is -2.22. The number of rotatable bonds is 7. The summed E-state index contributed by atoms with van der Waals surface area (Å²) in [5, 5.41) is 8.33. The second-order valence-corrected chi connectivity index (χ2v) is 4.35. The molecule has 0 spiro atoms. The van der Waals surface area contributed by atoms with Crippen molar-refractivity contribution in [2.75, 3.05) is 6.54 Å². The minimum absolute atomic E-state index is 0.463. The summed E-state index contributed by atoms with van der Waals surface area (Å²) in [7, 11) is 0. The zero-order chi connectivity index (χ0) is 12.8. The van der Waals surface area contributed by atoms with Gasteiger partial charge in [0.1, 0.15) is 0 Å². The molecule has 3 nitrogen and oxygen atoms in total. The summed E-state index contributed by atoms with van der Waals surface area (Å²) in [5.74, 6) is 0. The zero-order valence-electron chi connectivity index (χ0n) is 12.0. The molecular formula is C14H27N3. The average molecular weight is 237 g/mol. The van der Waals surface area contributed by atoms with E-state index < -0.39 is 0 Å². The van der Waals surface area contributed by atoms with Crippen LogP contribution in [-0.4, -0.2) is 16.3 Å². The number of nitrogens with zero attached hydrogens (tertiary/aromatic N) is 2. The second-order valence-electron chi connectivity index (χ2n) is 4.35. The highest BCUT2D eigenvalue weighted by molar-refractivity contribution is 5.30. The van der Waals surface area contributed by atoms with Gasteiger partial charge in [0.05, 0.1) is 5.69 Å². The van der Waals surface area contributed by atoms with Crippen LogP contribution in [0.4, 0.5) is 0 Å². The summed E-state index contributed by atoms with van der Waals surface area (Å²) in [6.45, 7) is 13.0.